The zero-order valence-electron chi connectivity index (χ0n) is 20.1. The van der Waals surface area contributed by atoms with E-state index in [0.717, 1.165) is 37.7 Å². The molecular weight excluding hydrogens is 478 g/mol. The first kappa shape index (κ1) is 23.4. The number of likely N-dealkylation sites (tertiary alicyclic amines) is 1. The lowest BCUT2D eigenvalue weighted by Gasteiger charge is -2.42. The van der Waals surface area contributed by atoms with Crippen LogP contribution in [0.25, 0.3) is 0 Å². The summed E-state index contributed by atoms with van der Waals surface area (Å²) in [4.78, 5) is 55.5. The van der Waals surface area contributed by atoms with Gasteiger partial charge in [0.05, 0.1) is 11.8 Å². The molecule has 7 heteroatoms. The molecule has 1 aromatic carbocycles. The van der Waals surface area contributed by atoms with E-state index in [1.165, 1.54) is 23.1 Å². The summed E-state index contributed by atoms with van der Waals surface area (Å²) in [6, 6.07) is 4.59. The van der Waals surface area contributed by atoms with E-state index < -0.39 is 17.8 Å². The minimum Gasteiger partial charge on any atom is -0.508 e. The molecule has 4 atom stereocenters. The zero-order chi connectivity index (χ0) is 25.3. The monoisotopic (exact) mass is 505 g/mol. The van der Waals surface area contributed by atoms with Crippen LogP contribution in [-0.4, -0.2) is 39.4 Å². The van der Waals surface area contributed by atoms with Crippen LogP contribution in [0, 0.1) is 17.8 Å². The van der Waals surface area contributed by atoms with Crippen LogP contribution in [0.3, 0.4) is 0 Å². The Kier molecular flexibility index (Phi) is 5.56. The number of phenols is 1. The number of fused-ring (bicyclic) bond motifs is 3. The van der Waals surface area contributed by atoms with Crippen molar-refractivity contribution in [1.29, 1.82) is 0 Å². The van der Waals surface area contributed by atoms with E-state index >= 15 is 0 Å². The highest BCUT2D eigenvalue weighted by Crippen LogP contribution is 2.56. The largest absolute Gasteiger partial charge is 0.508 e. The van der Waals surface area contributed by atoms with E-state index in [1.54, 1.807) is 13.0 Å². The first-order valence-electron chi connectivity index (χ1n) is 12.8. The number of allylic oxidation sites excluding steroid dienone is 6. The second-order valence-corrected chi connectivity index (χ2v) is 11.2. The molecule has 1 N–H and O–H groups in total. The molecule has 1 saturated heterocycles. The van der Waals surface area contributed by atoms with Gasteiger partial charge in [-0.15, -0.1) is 0 Å². The molecule has 2 fully saturated rings. The Morgan fingerprint density at radius 3 is 2.47 bits per heavy atom. The molecular formula is C29H28ClNO5. The van der Waals surface area contributed by atoms with Gasteiger partial charge in [0, 0.05) is 33.7 Å². The van der Waals surface area contributed by atoms with Crippen molar-refractivity contribution in [3.8, 4) is 5.75 Å². The highest BCUT2D eigenvalue weighted by molar-refractivity contribution is 6.32. The summed E-state index contributed by atoms with van der Waals surface area (Å²) in [6.45, 7) is 1.64. The highest BCUT2D eigenvalue weighted by Gasteiger charge is 2.57. The second kappa shape index (κ2) is 8.55. The topological polar surface area (TPSA) is 91.8 Å². The Morgan fingerprint density at radius 2 is 1.75 bits per heavy atom. The molecule has 1 aliphatic heterocycles. The van der Waals surface area contributed by atoms with Gasteiger partial charge in [-0.05, 0) is 62.3 Å². The van der Waals surface area contributed by atoms with Crippen molar-refractivity contribution in [2.45, 2.75) is 63.8 Å². The Bertz CT molecular complexity index is 1310. The van der Waals surface area contributed by atoms with Crippen LogP contribution >= 0.6 is 11.6 Å². The third-order valence-corrected chi connectivity index (χ3v) is 9.16. The van der Waals surface area contributed by atoms with Gasteiger partial charge in [0.2, 0.25) is 11.8 Å². The summed E-state index contributed by atoms with van der Waals surface area (Å²) in [5.41, 5.74) is 2.70. The van der Waals surface area contributed by atoms with Crippen LogP contribution in [0.2, 0.25) is 5.02 Å². The quantitative estimate of drug-likeness (QED) is 0.354. The van der Waals surface area contributed by atoms with Gasteiger partial charge in [0.1, 0.15) is 5.75 Å². The Labute approximate surface area is 214 Å². The molecule has 1 saturated carbocycles. The molecule has 36 heavy (non-hydrogen) atoms. The number of halogens is 1. The van der Waals surface area contributed by atoms with Crippen molar-refractivity contribution in [3.05, 3.63) is 63.2 Å². The molecule has 0 spiro atoms. The smallest absolute Gasteiger partial charge is 0.233 e. The number of phenolic OH excluding ortho intramolecular Hbond substituents is 1. The number of rotatable bonds is 2. The van der Waals surface area contributed by atoms with Gasteiger partial charge >= 0.3 is 0 Å². The van der Waals surface area contributed by atoms with E-state index in [4.69, 9.17) is 11.6 Å². The fraction of sp³-hybridized carbons (Fsp3) is 0.448. The predicted molar refractivity (Wildman–Crippen MR) is 133 cm³/mol. The molecule has 0 aromatic heterocycles. The minimum absolute atomic E-state index is 0.00446. The zero-order valence-corrected chi connectivity index (χ0v) is 20.9. The highest BCUT2D eigenvalue weighted by atomic mass is 35.5. The molecule has 186 valence electrons. The lowest BCUT2D eigenvalue weighted by atomic mass is 9.59. The standard InChI is InChI=1S/C29H28ClNO5/c1-14-11-23(33)21-13-20-17(24(26(21)27(14)34)18-8-7-16(32)12-22(18)30)9-10-19-25(20)29(36)31(28(19)35)15-5-3-2-4-6-15/h7-9,11-12,15,19-20,24-25,32H,2-6,10,13H2,1H3/t19-,20+,24+,25-/m0/s1. The van der Waals surface area contributed by atoms with Crippen LogP contribution in [0.15, 0.2) is 52.6 Å². The fourth-order valence-electron chi connectivity index (χ4n) is 7.19. The van der Waals surface area contributed by atoms with Gasteiger partial charge in [-0.3, -0.25) is 24.1 Å². The molecule has 4 aliphatic carbocycles. The molecule has 1 aromatic rings. The molecule has 5 aliphatic rings. The number of carbonyl (C=O) groups excluding carboxylic acids is 4. The Balaban J connectivity index is 1.47. The van der Waals surface area contributed by atoms with Crippen molar-refractivity contribution in [3.63, 3.8) is 0 Å². The van der Waals surface area contributed by atoms with Gasteiger partial charge < -0.3 is 5.11 Å². The van der Waals surface area contributed by atoms with Crippen LogP contribution < -0.4 is 0 Å². The summed E-state index contributed by atoms with van der Waals surface area (Å²) >= 11 is 6.58. The number of carbonyl (C=O) groups is 4. The molecule has 6 nitrogen and oxygen atoms in total. The first-order chi connectivity index (χ1) is 17.3. The van der Waals surface area contributed by atoms with Gasteiger partial charge in [0.15, 0.2) is 11.6 Å². The van der Waals surface area contributed by atoms with Crippen LogP contribution in [-0.2, 0) is 19.2 Å². The maximum absolute atomic E-state index is 13.9. The van der Waals surface area contributed by atoms with Crippen LogP contribution in [0.4, 0.5) is 0 Å². The number of benzene rings is 1. The second-order valence-electron chi connectivity index (χ2n) is 10.8. The first-order valence-corrected chi connectivity index (χ1v) is 13.2. The SMILES string of the molecule is CC1=CC(=O)C2=C(C1=O)[C@@H](c1ccc(O)cc1Cl)C1=CC[C@@H]3C(=O)N(C4CCCCC4)C(=O)[C@@H]3[C@@H]1C2. The summed E-state index contributed by atoms with van der Waals surface area (Å²) in [7, 11) is 0. The normalized spacial score (nSPS) is 30.7. The third-order valence-electron chi connectivity index (χ3n) is 8.83. The van der Waals surface area contributed by atoms with Crippen molar-refractivity contribution in [2.24, 2.45) is 17.8 Å². The lowest BCUT2D eigenvalue weighted by Crippen LogP contribution is -2.43. The maximum atomic E-state index is 13.9. The van der Waals surface area contributed by atoms with Crippen molar-refractivity contribution in [1.82, 2.24) is 4.90 Å². The number of ketones is 2. The number of amides is 2. The summed E-state index contributed by atoms with van der Waals surface area (Å²) in [5, 5.41) is 10.2. The minimum atomic E-state index is -0.598. The molecule has 0 radical (unpaired) electrons. The average Bonchev–Trinajstić information content (AvgIpc) is 3.12. The van der Waals surface area contributed by atoms with E-state index in [0.29, 0.717) is 33.7 Å². The van der Waals surface area contributed by atoms with Crippen LogP contribution in [0.1, 0.15) is 63.4 Å². The molecule has 6 rings (SSSR count). The molecule has 0 unspecified atom stereocenters. The number of aromatic hydroxyl groups is 1. The maximum Gasteiger partial charge on any atom is 0.233 e. The summed E-state index contributed by atoms with van der Waals surface area (Å²) in [5.74, 6) is -2.56. The molecule has 0 bridgehead atoms. The Hall–Kier alpha value is -2.99. The van der Waals surface area contributed by atoms with Gasteiger partial charge in [0.25, 0.3) is 0 Å². The number of hydrogen-bond donors (Lipinski definition) is 1. The van der Waals surface area contributed by atoms with E-state index in [9.17, 15) is 24.3 Å². The molecule has 1 heterocycles. The number of imide groups is 1. The number of Topliss-reactive ketones (excluding diaryl/α,β-unsaturated/α-hetero) is 1. The fourth-order valence-corrected chi connectivity index (χ4v) is 7.47. The van der Waals surface area contributed by atoms with Gasteiger partial charge in [-0.1, -0.05) is 48.6 Å². The average molecular weight is 506 g/mol. The van der Waals surface area contributed by atoms with E-state index in [1.807, 2.05) is 6.08 Å². The van der Waals surface area contributed by atoms with Crippen molar-refractivity contribution < 1.29 is 24.3 Å². The third kappa shape index (κ3) is 3.37. The number of nitrogens with zero attached hydrogens (tertiary/aromatic N) is 1. The van der Waals surface area contributed by atoms with Crippen molar-refractivity contribution >= 4 is 35.0 Å². The van der Waals surface area contributed by atoms with Crippen LogP contribution in [0.5, 0.6) is 5.75 Å². The predicted octanol–water partition coefficient (Wildman–Crippen LogP) is 4.81. The van der Waals surface area contributed by atoms with Crippen molar-refractivity contribution in [2.75, 3.05) is 0 Å². The molecule has 2 amide bonds. The number of hydrogen-bond acceptors (Lipinski definition) is 5. The Morgan fingerprint density at radius 1 is 1.00 bits per heavy atom. The van der Waals surface area contributed by atoms with Gasteiger partial charge in [-0.25, -0.2) is 0 Å². The van der Waals surface area contributed by atoms with E-state index in [-0.39, 0.29) is 47.5 Å². The van der Waals surface area contributed by atoms with E-state index in [2.05, 4.69) is 0 Å². The lowest BCUT2D eigenvalue weighted by molar-refractivity contribution is -0.143. The summed E-state index contributed by atoms with van der Waals surface area (Å²) < 4.78 is 0. The summed E-state index contributed by atoms with van der Waals surface area (Å²) in [6.07, 6.45) is 8.93. The van der Waals surface area contributed by atoms with Gasteiger partial charge in [-0.2, -0.15) is 0 Å².